The zero-order valence-corrected chi connectivity index (χ0v) is 9.72. The summed E-state index contributed by atoms with van der Waals surface area (Å²) in [6.07, 6.45) is 5.38. The fourth-order valence-electron chi connectivity index (χ4n) is 1.52. The Labute approximate surface area is 95.1 Å². The second-order valence-electron chi connectivity index (χ2n) is 3.76. The summed E-state index contributed by atoms with van der Waals surface area (Å²) in [6, 6.07) is 1.96. The number of anilines is 1. The molecule has 0 spiro atoms. The van der Waals surface area contributed by atoms with Gasteiger partial charge in [-0.15, -0.1) is 0 Å². The number of likely N-dealkylation sites (N-methyl/N-ethyl adjacent to an activating group) is 1. The number of aromatic nitrogens is 3. The highest BCUT2D eigenvalue weighted by molar-refractivity contribution is 5.66. The van der Waals surface area contributed by atoms with Gasteiger partial charge >= 0.3 is 0 Å². The Hall–Kier alpha value is -1.62. The number of hydrogen-bond acceptors (Lipinski definition) is 4. The first-order valence-corrected chi connectivity index (χ1v) is 5.52. The van der Waals surface area contributed by atoms with Crippen LogP contribution in [0.25, 0.3) is 5.52 Å². The Kier molecular flexibility index (Phi) is 3.36. The molecule has 0 aliphatic rings. The largest absolute Gasteiger partial charge is 0.367 e. The highest BCUT2D eigenvalue weighted by atomic mass is 15.2. The van der Waals surface area contributed by atoms with Crippen molar-refractivity contribution in [2.45, 2.75) is 6.92 Å². The highest BCUT2D eigenvalue weighted by Gasteiger charge is 2.02. The van der Waals surface area contributed by atoms with E-state index in [0.717, 1.165) is 31.0 Å². The van der Waals surface area contributed by atoms with E-state index in [-0.39, 0.29) is 0 Å². The Morgan fingerprint density at radius 2 is 2.31 bits per heavy atom. The van der Waals surface area contributed by atoms with Crippen LogP contribution in [0.4, 0.5) is 5.82 Å². The predicted molar refractivity (Wildman–Crippen MR) is 64.6 cm³/mol. The molecule has 2 aromatic rings. The lowest BCUT2D eigenvalue weighted by molar-refractivity contribution is 0.367. The summed E-state index contributed by atoms with van der Waals surface area (Å²) in [5.41, 5.74) is 1.02. The number of nitrogens with zero attached hydrogens (tertiary/aromatic N) is 4. The van der Waals surface area contributed by atoms with Gasteiger partial charge in [0.2, 0.25) is 0 Å². The molecule has 2 rings (SSSR count). The van der Waals surface area contributed by atoms with Gasteiger partial charge in [0.1, 0.15) is 5.52 Å². The summed E-state index contributed by atoms with van der Waals surface area (Å²) in [6.45, 7) is 5.11. The van der Waals surface area contributed by atoms with Gasteiger partial charge in [-0.05, 0) is 19.7 Å². The summed E-state index contributed by atoms with van der Waals surface area (Å²) >= 11 is 0. The summed E-state index contributed by atoms with van der Waals surface area (Å²) in [4.78, 5) is 6.56. The van der Waals surface area contributed by atoms with Gasteiger partial charge in [0, 0.05) is 25.5 Å². The monoisotopic (exact) mass is 219 g/mol. The van der Waals surface area contributed by atoms with Gasteiger partial charge < -0.3 is 10.2 Å². The van der Waals surface area contributed by atoms with E-state index < -0.39 is 0 Å². The van der Waals surface area contributed by atoms with Crippen LogP contribution in [0.15, 0.2) is 24.7 Å². The quantitative estimate of drug-likeness (QED) is 0.817. The van der Waals surface area contributed by atoms with Crippen molar-refractivity contribution in [1.29, 1.82) is 0 Å². The highest BCUT2D eigenvalue weighted by Crippen LogP contribution is 2.11. The molecular weight excluding hydrogens is 202 g/mol. The van der Waals surface area contributed by atoms with E-state index in [1.54, 1.807) is 12.4 Å². The third-order valence-corrected chi connectivity index (χ3v) is 2.65. The van der Waals surface area contributed by atoms with Crippen LogP contribution in [0.2, 0.25) is 0 Å². The summed E-state index contributed by atoms with van der Waals surface area (Å²) in [7, 11) is 2.11. The molecule has 0 radical (unpaired) electrons. The van der Waals surface area contributed by atoms with Crippen LogP contribution in [0.1, 0.15) is 6.92 Å². The SMILES string of the molecule is CCN(C)CCNc1nccn2nccc12. The van der Waals surface area contributed by atoms with Gasteiger partial charge in [-0.3, -0.25) is 0 Å². The molecule has 5 nitrogen and oxygen atoms in total. The molecule has 0 unspecified atom stereocenters. The van der Waals surface area contributed by atoms with Crippen LogP contribution < -0.4 is 5.32 Å². The first-order chi connectivity index (χ1) is 7.81. The summed E-state index contributed by atoms with van der Waals surface area (Å²) < 4.78 is 1.82. The molecule has 2 heterocycles. The Morgan fingerprint density at radius 3 is 3.12 bits per heavy atom. The lowest BCUT2D eigenvalue weighted by atomic mass is 10.4. The molecule has 0 saturated heterocycles. The fourth-order valence-corrected chi connectivity index (χ4v) is 1.52. The molecule has 0 saturated carbocycles. The van der Waals surface area contributed by atoms with E-state index in [2.05, 4.69) is 34.3 Å². The van der Waals surface area contributed by atoms with E-state index in [0.29, 0.717) is 0 Å². The summed E-state index contributed by atoms with van der Waals surface area (Å²) in [5, 5.41) is 7.49. The Bertz CT molecular complexity index is 450. The van der Waals surface area contributed by atoms with Crippen LogP contribution in [0.5, 0.6) is 0 Å². The summed E-state index contributed by atoms with van der Waals surface area (Å²) in [5.74, 6) is 0.893. The average Bonchev–Trinajstić information content (AvgIpc) is 2.77. The van der Waals surface area contributed by atoms with Crippen LogP contribution in [0, 0.1) is 0 Å². The molecule has 16 heavy (non-hydrogen) atoms. The minimum absolute atomic E-state index is 0.891. The second-order valence-corrected chi connectivity index (χ2v) is 3.76. The normalized spacial score (nSPS) is 11.2. The maximum Gasteiger partial charge on any atom is 0.152 e. The van der Waals surface area contributed by atoms with E-state index in [9.17, 15) is 0 Å². The van der Waals surface area contributed by atoms with Crippen molar-refractivity contribution < 1.29 is 0 Å². The molecule has 0 aliphatic carbocycles. The Balaban J connectivity index is 2.01. The van der Waals surface area contributed by atoms with Crippen LogP contribution in [-0.2, 0) is 0 Å². The molecule has 86 valence electrons. The van der Waals surface area contributed by atoms with Gasteiger partial charge in [0.15, 0.2) is 5.82 Å². The minimum atomic E-state index is 0.891. The van der Waals surface area contributed by atoms with Gasteiger partial charge in [-0.1, -0.05) is 6.92 Å². The van der Waals surface area contributed by atoms with Gasteiger partial charge in [-0.2, -0.15) is 5.10 Å². The van der Waals surface area contributed by atoms with Crippen molar-refractivity contribution in [3.05, 3.63) is 24.7 Å². The molecule has 0 atom stereocenters. The fraction of sp³-hybridized carbons (Fsp3) is 0.455. The van der Waals surface area contributed by atoms with E-state index in [1.165, 1.54) is 0 Å². The van der Waals surface area contributed by atoms with Crippen molar-refractivity contribution >= 4 is 11.3 Å². The molecule has 0 bridgehead atoms. The molecule has 0 aliphatic heterocycles. The standard InChI is InChI=1S/C11H17N5/c1-3-15(2)8-6-12-11-10-4-5-14-16(10)9-7-13-11/h4-5,7,9H,3,6,8H2,1-2H3,(H,12,13). The van der Waals surface area contributed by atoms with Gasteiger partial charge in [-0.25, -0.2) is 9.50 Å². The van der Waals surface area contributed by atoms with E-state index >= 15 is 0 Å². The topological polar surface area (TPSA) is 45.5 Å². The molecule has 1 N–H and O–H groups in total. The van der Waals surface area contributed by atoms with Crippen molar-refractivity contribution in [1.82, 2.24) is 19.5 Å². The lowest BCUT2D eigenvalue weighted by Gasteiger charge is -2.14. The number of rotatable bonds is 5. The Morgan fingerprint density at radius 1 is 1.44 bits per heavy atom. The lowest BCUT2D eigenvalue weighted by Crippen LogP contribution is -2.25. The molecular formula is C11H17N5. The second kappa shape index (κ2) is 4.94. The molecule has 0 aromatic carbocycles. The van der Waals surface area contributed by atoms with E-state index in [1.807, 2.05) is 16.8 Å². The van der Waals surface area contributed by atoms with Crippen molar-refractivity contribution in [3.63, 3.8) is 0 Å². The predicted octanol–water partition coefficient (Wildman–Crippen LogP) is 1.09. The zero-order valence-electron chi connectivity index (χ0n) is 9.72. The van der Waals surface area contributed by atoms with Crippen molar-refractivity contribution in [3.8, 4) is 0 Å². The van der Waals surface area contributed by atoms with Crippen molar-refractivity contribution in [2.24, 2.45) is 0 Å². The number of fused-ring (bicyclic) bond motifs is 1. The average molecular weight is 219 g/mol. The van der Waals surface area contributed by atoms with Crippen LogP contribution >= 0.6 is 0 Å². The zero-order chi connectivity index (χ0) is 11.4. The molecule has 2 aromatic heterocycles. The van der Waals surface area contributed by atoms with Crippen LogP contribution in [0.3, 0.4) is 0 Å². The maximum absolute atomic E-state index is 4.31. The van der Waals surface area contributed by atoms with Gasteiger partial charge in [0.25, 0.3) is 0 Å². The smallest absolute Gasteiger partial charge is 0.152 e. The molecule has 0 amide bonds. The third-order valence-electron chi connectivity index (χ3n) is 2.65. The first kappa shape index (κ1) is 10.9. The third kappa shape index (κ3) is 2.30. The first-order valence-electron chi connectivity index (χ1n) is 5.52. The van der Waals surface area contributed by atoms with Gasteiger partial charge in [0.05, 0.1) is 6.20 Å². The number of nitrogens with one attached hydrogen (secondary N) is 1. The van der Waals surface area contributed by atoms with E-state index in [4.69, 9.17) is 0 Å². The molecule has 0 fully saturated rings. The minimum Gasteiger partial charge on any atom is -0.367 e. The maximum atomic E-state index is 4.31. The number of hydrogen-bond donors (Lipinski definition) is 1. The molecule has 5 heteroatoms. The van der Waals surface area contributed by atoms with Crippen molar-refractivity contribution in [2.75, 3.05) is 32.0 Å². The van der Waals surface area contributed by atoms with Crippen LogP contribution in [-0.4, -0.2) is 46.2 Å².